The average molecular weight is 215 g/mol. The molecule has 2 nitrogen and oxygen atoms in total. The highest BCUT2D eigenvalue weighted by atomic mass is 19.1. The summed E-state index contributed by atoms with van der Waals surface area (Å²) in [5.74, 6) is 0. The fraction of sp³-hybridized carbons (Fsp3) is 1.00. The smallest absolute Gasteiger partial charge is 0.113 e. The summed E-state index contributed by atoms with van der Waals surface area (Å²) in [6.07, 6.45) is 6.28. The van der Waals surface area contributed by atoms with Gasteiger partial charge in [0, 0.05) is 13.1 Å². The normalized spacial score (nSPS) is 32.8. The zero-order valence-corrected chi connectivity index (χ0v) is 9.42. The molecule has 1 N–H and O–H groups in total. The first-order chi connectivity index (χ1) is 7.18. The molecular weight excluding hydrogens is 193 g/mol. The minimum Gasteiger partial charge on any atom is -0.389 e. The van der Waals surface area contributed by atoms with Gasteiger partial charge >= 0.3 is 0 Å². The maximum Gasteiger partial charge on any atom is 0.113 e. The molecule has 0 aromatic carbocycles. The molecule has 0 spiro atoms. The second-order valence-corrected chi connectivity index (χ2v) is 5.26. The van der Waals surface area contributed by atoms with Gasteiger partial charge in [-0.2, -0.15) is 0 Å². The van der Waals surface area contributed by atoms with Crippen molar-refractivity contribution in [2.75, 3.05) is 19.6 Å². The van der Waals surface area contributed by atoms with E-state index in [2.05, 4.69) is 4.90 Å². The van der Waals surface area contributed by atoms with Crippen molar-refractivity contribution in [2.24, 2.45) is 0 Å². The number of hydrogen-bond acceptors (Lipinski definition) is 2. The lowest BCUT2D eigenvalue weighted by Crippen LogP contribution is -2.48. The van der Waals surface area contributed by atoms with Crippen LogP contribution in [0.4, 0.5) is 4.39 Å². The highest BCUT2D eigenvalue weighted by Gasteiger charge is 2.32. The van der Waals surface area contributed by atoms with Crippen molar-refractivity contribution in [1.82, 2.24) is 4.90 Å². The lowest BCUT2D eigenvalue weighted by Gasteiger charge is -2.39. The van der Waals surface area contributed by atoms with Crippen molar-refractivity contribution >= 4 is 0 Å². The molecule has 2 aliphatic rings. The molecule has 1 aliphatic heterocycles. The molecule has 0 radical (unpaired) electrons. The monoisotopic (exact) mass is 215 g/mol. The second kappa shape index (κ2) is 4.79. The van der Waals surface area contributed by atoms with E-state index in [0.717, 1.165) is 38.6 Å². The Bertz CT molecular complexity index is 204. The fourth-order valence-corrected chi connectivity index (χ4v) is 2.93. The van der Waals surface area contributed by atoms with Gasteiger partial charge in [0.1, 0.15) is 6.17 Å². The van der Waals surface area contributed by atoms with Crippen molar-refractivity contribution in [3.8, 4) is 0 Å². The van der Waals surface area contributed by atoms with Crippen LogP contribution < -0.4 is 0 Å². The molecule has 1 unspecified atom stereocenters. The van der Waals surface area contributed by atoms with E-state index in [-0.39, 0.29) is 0 Å². The van der Waals surface area contributed by atoms with E-state index in [9.17, 15) is 9.50 Å². The van der Waals surface area contributed by atoms with Gasteiger partial charge in [-0.3, -0.25) is 4.90 Å². The largest absolute Gasteiger partial charge is 0.389 e. The zero-order valence-electron chi connectivity index (χ0n) is 9.42. The number of halogens is 1. The van der Waals surface area contributed by atoms with Crippen LogP contribution in [-0.4, -0.2) is 41.4 Å². The van der Waals surface area contributed by atoms with E-state index >= 15 is 0 Å². The highest BCUT2D eigenvalue weighted by molar-refractivity contribution is 4.87. The van der Waals surface area contributed by atoms with Crippen LogP contribution in [-0.2, 0) is 0 Å². The number of β-amino-alcohol motifs (C(OH)–C–C–N with tert-alkyl or cyclic N) is 1. The SMILES string of the molecule is OC1(CN2CCCC(F)C2)CCCCC1. The van der Waals surface area contributed by atoms with Crippen molar-refractivity contribution in [3.63, 3.8) is 0 Å². The molecule has 88 valence electrons. The maximum absolute atomic E-state index is 13.2. The van der Waals surface area contributed by atoms with Crippen LogP contribution in [0.5, 0.6) is 0 Å². The van der Waals surface area contributed by atoms with Crippen molar-refractivity contribution < 1.29 is 9.50 Å². The van der Waals surface area contributed by atoms with Gasteiger partial charge in [-0.05, 0) is 32.2 Å². The molecule has 1 saturated carbocycles. The molecule has 15 heavy (non-hydrogen) atoms. The van der Waals surface area contributed by atoms with Crippen LogP contribution in [0.1, 0.15) is 44.9 Å². The molecule has 0 amide bonds. The van der Waals surface area contributed by atoms with Crippen molar-refractivity contribution in [2.45, 2.75) is 56.7 Å². The third-order valence-electron chi connectivity index (χ3n) is 3.75. The summed E-state index contributed by atoms with van der Waals surface area (Å²) >= 11 is 0. The van der Waals surface area contributed by atoms with Gasteiger partial charge in [0.05, 0.1) is 5.60 Å². The molecule has 0 aromatic heterocycles. The van der Waals surface area contributed by atoms with Gasteiger partial charge in [0.25, 0.3) is 0 Å². The number of alkyl halides is 1. The van der Waals surface area contributed by atoms with Gasteiger partial charge in [0.15, 0.2) is 0 Å². The number of likely N-dealkylation sites (tertiary alicyclic amines) is 1. The molecule has 1 atom stereocenters. The van der Waals surface area contributed by atoms with Crippen LogP contribution in [0.3, 0.4) is 0 Å². The minimum atomic E-state index is -0.675. The quantitative estimate of drug-likeness (QED) is 0.762. The van der Waals surface area contributed by atoms with Crippen LogP contribution in [0, 0.1) is 0 Å². The molecule has 3 heteroatoms. The molecule has 1 saturated heterocycles. The number of piperidine rings is 1. The molecular formula is C12H22FNO. The predicted molar refractivity (Wildman–Crippen MR) is 58.6 cm³/mol. The molecule has 1 heterocycles. The number of hydrogen-bond donors (Lipinski definition) is 1. The summed E-state index contributed by atoms with van der Waals surface area (Å²) in [6.45, 7) is 2.18. The van der Waals surface area contributed by atoms with Crippen LogP contribution in [0.25, 0.3) is 0 Å². The maximum atomic E-state index is 13.2. The van der Waals surface area contributed by atoms with Crippen LogP contribution in [0.15, 0.2) is 0 Å². The van der Waals surface area contributed by atoms with E-state index in [1.807, 2.05) is 0 Å². The Hall–Kier alpha value is -0.150. The van der Waals surface area contributed by atoms with Crippen molar-refractivity contribution in [1.29, 1.82) is 0 Å². The van der Waals surface area contributed by atoms with Gasteiger partial charge in [-0.25, -0.2) is 4.39 Å². The summed E-state index contributed by atoms with van der Waals surface area (Å²) in [7, 11) is 0. The van der Waals surface area contributed by atoms with Gasteiger partial charge in [-0.1, -0.05) is 19.3 Å². The molecule has 0 aromatic rings. The second-order valence-electron chi connectivity index (χ2n) is 5.26. The Morgan fingerprint density at radius 2 is 1.93 bits per heavy atom. The van der Waals surface area contributed by atoms with E-state index in [1.165, 1.54) is 6.42 Å². The summed E-state index contributed by atoms with van der Waals surface area (Å²) < 4.78 is 13.2. The first kappa shape index (κ1) is 11.3. The van der Waals surface area contributed by atoms with E-state index in [0.29, 0.717) is 19.5 Å². The van der Waals surface area contributed by atoms with E-state index in [1.54, 1.807) is 0 Å². The van der Waals surface area contributed by atoms with Gasteiger partial charge < -0.3 is 5.11 Å². The lowest BCUT2D eigenvalue weighted by molar-refractivity contribution is -0.0361. The summed E-state index contributed by atoms with van der Waals surface area (Å²) in [4.78, 5) is 2.11. The summed E-state index contributed by atoms with van der Waals surface area (Å²) in [6, 6.07) is 0. The summed E-state index contributed by atoms with van der Waals surface area (Å²) in [5.41, 5.74) is -0.519. The number of aliphatic hydroxyl groups is 1. The molecule has 0 bridgehead atoms. The van der Waals surface area contributed by atoms with Crippen molar-refractivity contribution in [3.05, 3.63) is 0 Å². The van der Waals surface area contributed by atoms with E-state index in [4.69, 9.17) is 0 Å². The Balaban J connectivity index is 1.83. The fourth-order valence-electron chi connectivity index (χ4n) is 2.93. The molecule has 2 rings (SSSR count). The average Bonchev–Trinajstić information content (AvgIpc) is 2.18. The Morgan fingerprint density at radius 1 is 1.20 bits per heavy atom. The standard InChI is InChI=1S/C12H22FNO/c13-11-5-4-8-14(9-11)10-12(15)6-2-1-3-7-12/h11,15H,1-10H2. The lowest BCUT2D eigenvalue weighted by atomic mass is 9.84. The first-order valence-corrected chi connectivity index (χ1v) is 6.27. The molecule has 1 aliphatic carbocycles. The van der Waals surface area contributed by atoms with Gasteiger partial charge in [-0.15, -0.1) is 0 Å². The minimum absolute atomic E-state index is 0.519. The third kappa shape index (κ3) is 3.15. The molecule has 2 fully saturated rings. The first-order valence-electron chi connectivity index (χ1n) is 6.27. The topological polar surface area (TPSA) is 23.5 Å². The Morgan fingerprint density at radius 3 is 2.60 bits per heavy atom. The number of nitrogens with zero attached hydrogens (tertiary/aromatic N) is 1. The van der Waals surface area contributed by atoms with Crippen LogP contribution >= 0.6 is 0 Å². The van der Waals surface area contributed by atoms with E-state index < -0.39 is 11.8 Å². The van der Waals surface area contributed by atoms with Crippen LogP contribution in [0.2, 0.25) is 0 Å². The predicted octanol–water partition coefficient (Wildman–Crippen LogP) is 2.12. The highest BCUT2D eigenvalue weighted by Crippen LogP contribution is 2.29. The Labute approximate surface area is 91.5 Å². The zero-order chi connectivity index (χ0) is 10.7. The van der Waals surface area contributed by atoms with Gasteiger partial charge in [0.2, 0.25) is 0 Å². The number of rotatable bonds is 2. The Kier molecular flexibility index (Phi) is 3.62. The summed E-state index contributed by atoms with van der Waals surface area (Å²) in [5, 5.41) is 10.3. The third-order valence-corrected chi connectivity index (χ3v) is 3.75.